The maximum absolute atomic E-state index is 12.3. The number of pyridine rings is 1. The van der Waals surface area contributed by atoms with Crippen LogP contribution in [0.4, 0.5) is 11.4 Å². The highest BCUT2D eigenvalue weighted by molar-refractivity contribution is 9.10. The second-order valence-corrected chi connectivity index (χ2v) is 4.88. The lowest BCUT2D eigenvalue weighted by Gasteiger charge is -2.19. The Labute approximate surface area is 118 Å². The summed E-state index contributed by atoms with van der Waals surface area (Å²) in [5.41, 5.74) is 6.93. The molecular weight excluding hydrogens is 310 g/mol. The summed E-state index contributed by atoms with van der Waals surface area (Å²) in [6.07, 6.45) is 3.03. The van der Waals surface area contributed by atoms with E-state index in [0.29, 0.717) is 15.8 Å². The topological polar surface area (TPSA) is 79.5 Å². The molecule has 1 aromatic carbocycles. The van der Waals surface area contributed by atoms with Gasteiger partial charge in [0.05, 0.1) is 23.1 Å². The Morgan fingerprint density at radius 1 is 1.42 bits per heavy atom. The zero-order valence-electron chi connectivity index (χ0n) is 10.2. The van der Waals surface area contributed by atoms with Crippen molar-refractivity contribution in [1.82, 2.24) is 4.98 Å². The minimum absolute atomic E-state index is 0.0844. The zero-order valence-corrected chi connectivity index (χ0v) is 11.8. The van der Waals surface area contributed by atoms with Gasteiger partial charge in [-0.25, -0.2) is 0 Å². The summed E-state index contributed by atoms with van der Waals surface area (Å²) in [6, 6.07) is 6.35. The number of aromatic hydroxyl groups is 1. The highest BCUT2D eigenvalue weighted by Crippen LogP contribution is 2.27. The number of carbonyl (C=O) groups excluding carboxylic acids is 1. The molecule has 0 aliphatic carbocycles. The van der Waals surface area contributed by atoms with Crippen molar-refractivity contribution in [2.75, 3.05) is 17.7 Å². The van der Waals surface area contributed by atoms with Crippen LogP contribution in [0, 0.1) is 0 Å². The molecule has 0 unspecified atom stereocenters. The van der Waals surface area contributed by atoms with Crippen LogP contribution in [0.25, 0.3) is 0 Å². The van der Waals surface area contributed by atoms with Crippen LogP contribution in [-0.2, 0) is 0 Å². The molecule has 98 valence electrons. The lowest BCUT2D eigenvalue weighted by Crippen LogP contribution is -2.27. The number of hydrogen-bond donors (Lipinski definition) is 2. The summed E-state index contributed by atoms with van der Waals surface area (Å²) < 4.78 is 0.702. The molecule has 6 heteroatoms. The van der Waals surface area contributed by atoms with E-state index in [4.69, 9.17) is 5.73 Å². The fraction of sp³-hybridized carbons (Fsp3) is 0.0769. The van der Waals surface area contributed by atoms with Crippen molar-refractivity contribution in [1.29, 1.82) is 0 Å². The number of nitrogens with two attached hydrogens (primary N) is 1. The minimum Gasteiger partial charge on any atom is -0.507 e. The predicted octanol–water partition coefficient (Wildman–Crippen LogP) is 2.41. The standard InChI is InChI=1S/C13H12BrN3O2/c1-17(11-4-5-16-7-10(11)15)13(19)9-3-2-8(14)6-12(9)18/h2-7,18H,15H2,1H3. The summed E-state index contributed by atoms with van der Waals surface area (Å²) in [6.45, 7) is 0. The number of anilines is 2. The van der Waals surface area contributed by atoms with E-state index in [1.165, 1.54) is 17.2 Å². The van der Waals surface area contributed by atoms with Crippen molar-refractivity contribution >= 4 is 33.2 Å². The molecule has 0 fully saturated rings. The van der Waals surface area contributed by atoms with Gasteiger partial charge in [0.15, 0.2) is 0 Å². The van der Waals surface area contributed by atoms with E-state index < -0.39 is 0 Å². The number of carbonyl (C=O) groups is 1. The Bertz CT molecular complexity index is 631. The Hall–Kier alpha value is -2.08. The number of phenols is 1. The first-order valence-corrected chi connectivity index (χ1v) is 6.26. The number of phenolic OH excluding ortho intramolecular Hbond substituents is 1. The Morgan fingerprint density at radius 2 is 2.16 bits per heavy atom. The van der Waals surface area contributed by atoms with Gasteiger partial charge in [-0.2, -0.15) is 0 Å². The Kier molecular flexibility index (Phi) is 3.71. The SMILES string of the molecule is CN(C(=O)c1ccc(Br)cc1O)c1ccncc1N. The molecule has 3 N–H and O–H groups in total. The average Bonchev–Trinajstić information content (AvgIpc) is 2.38. The number of halogens is 1. The molecule has 0 bridgehead atoms. The molecule has 0 aliphatic heterocycles. The largest absolute Gasteiger partial charge is 0.507 e. The molecule has 2 aromatic rings. The highest BCUT2D eigenvalue weighted by Gasteiger charge is 2.18. The van der Waals surface area contributed by atoms with E-state index in [-0.39, 0.29) is 17.2 Å². The van der Waals surface area contributed by atoms with Gasteiger partial charge in [0.2, 0.25) is 0 Å². The molecule has 19 heavy (non-hydrogen) atoms. The molecule has 0 radical (unpaired) electrons. The highest BCUT2D eigenvalue weighted by atomic mass is 79.9. The Balaban J connectivity index is 2.37. The van der Waals surface area contributed by atoms with Gasteiger partial charge in [-0.3, -0.25) is 9.78 Å². The zero-order chi connectivity index (χ0) is 14.0. The van der Waals surface area contributed by atoms with Crippen LogP contribution < -0.4 is 10.6 Å². The first-order valence-electron chi connectivity index (χ1n) is 5.46. The van der Waals surface area contributed by atoms with E-state index in [2.05, 4.69) is 20.9 Å². The van der Waals surface area contributed by atoms with Crippen LogP contribution in [0.15, 0.2) is 41.1 Å². The van der Waals surface area contributed by atoms with Gasteiger partial charge in [-0.1, -0.05) is 15.9 Å². The lowest BCUT2D eigenvalue weighted by atomic mass is 10.1. The summed E-state index contributed by atoms with van der Waals surface area (Å²) in [4.78, 5) is 17.5. The van der Waals surface area contributed by atoms with Crippen LogP contribution in [0.2, 0.25) is 0 Å². The molecule has 0 saturated carbocycles. The van der Waals surface area contributed by atoms with Gasteiger partial charge in [0, 0.05) is 17.7 Å². The third-order valence-corrected chi connectivity index (χ3v) is 3.18. The smallest absolute Gasteiger partial charge is 0.261 e. The fourth-order valence-electron chi connectivity index (χ4n) is 1.68. The van der Waals surface area contributed by atoms with Crippen LogP contribution in [0.3, 0.4) is 0 Å². The normalized spacial score (nSPS) is 10.2. The third kappa shape index (κ3) is 2.68. The van der Waals surface area contributed by atoms with E-state index in [0.717, 1.165) is 0 Å². The van der Waals surface area contributed by atoms with Crippen molar-refractivity contribution < 1.29 is 9.90 Å². The molecule has 0 spiro atoms. The number of nitrogens with zero attached hydrogens (tertiary/aromatic N) is 2. The van der Waals surface area contributed by atoms with Crippen LogP contribution in [-0.4, -0.2) is 23.0 Å². The molecule has 0 atom stereocenters. The molecule has 0 aliphatic rings. The van der Waals surface area contributed by atoms with Gasteiger partial charge < -0.3 is 15.7 Å². The van der Waals surface area contributed by atoms with E-state index in [9.17, 15) is 9.90 Å². The van der Waals surface area contributed by atoms with Crippen LogP contribution >= 0.6 is 15.9 Å². The minimum atomic E-state index is -0.345. The van der Waals surface area contributed by atoms with E-state index >= 15 is 0 Å². The van der Waals surface area contributed by atoms with Crippen molar-refractivity contribution in [3.8, 4) is 5.75 Å². The quantitative estimate of drug-likeness (QED) is 0.890. The molecule has 1 amide bonds. The summed E-state index contributed by atoms with van der Waals surface area (Å²) in [7, 11) is 1.59. The second-order valence-electron chi connectivity index (χ2n) is 3.96. The molecule has 1 aromatic heterocycles. The monoisotopic (exact) mass is 321 g/mol. The summed E-state index contributed by atoms with van der Waals surface area (Å²) in [5, 5.41) is 9.81. The maximum Gasteiger partial charge on any atom is 0.261 e. The van der Waals surface area contributed by atoms with Gasteiger partial charge in [-0.15, -0.1) is 0 Å². The fourth-order valence-corrected chi connectivity index (χ4v) is 2.03. The third-order valence-electron chi connectivity index (χ3n) is 2.68. The van der Waals surface area contributed by atoms with Crippen LogP contribution in [0.5, 0.6) is 5.75 Å². The number of rotatable bonds is 2. The Morgan fingerprint density at radius 3 is 2.79 bits per heavy atom. The van der Waals surface area contributed by atoms with Gasteiger partial charge in [0.25, 0.3) is 5.91 Å². The van der Waals surface area contributed by atoms with Crippen LogP contribution in [0.1, 0.15) is 10.4 Å². The molecule has 5 nitrogen and oxygen atoms in total. The van der Waals surface area contributed by atoms with Gasteiger partial charge >= 0.3 is 0 Å². The lowest BCUT2D eigenvalue weighted by molar-refractivity contribution is 0.0990. The molecule has 0 saturated heterocycles. The first kappa shape index (κ1) is 13.4. The van der Waals surface area contributed by atoms with Crippen molar-refractivity contribution in [2.24, 2.45) is 0 Å². The van der Waals surface area contributed by atoms with Gasteiger partial charge in [-0.05, 0) is 24.3 Å². The van der Waals surface area contributed by atoms with Crippen molar-refractivity contribution in [3.63, 3.8) is 0 Å². The molecule has 2 rings (SSSR count). The number of benzene rings is 1. The second kappa shape index (κ2) is 5.27. The van der Waals surface area contributed by atoms with E-state index in [1.54, 1.807) is 31.4 Å². The number of hydrogen-bond acceptors (Lipinski definition) is 4. The average molecular weight is 322 g/mol. The number of nitrogen functional groups attached to an aromatic ring is 1. The molecule has 1 heterocycles. The maximum atomic E-state index is 12.3. The predicted molar refractivity (Wildman–Crippen MR) is 77.2 cm³/mol. The van der Waals surface area contributed by atoms with Crippen molar-refractivity contribution in [3.05, 3.63) is 46.7 Å². The number of amides is 1. The first-order chi connectivity index (χ1) is 9.00. The van der Waals surface area contributed by atoms with Gasteiger partial charge in [0.1, 0.15) is 5.75 Å². The molecular formula is C13H12BrN3O2. The summed E-state index contributed by atoms with van der Waals surface area (Å²) in [5.74, 6) is -0.429. The summed E-state index contributed by atoms with van der Waals surface area (Å²) >= 11 is 3.23. The number of aromatic nitrogens is 1. The van der Waals surface area contributed by atoms with Crippen molar-refractivity contribution in [2.45, 2.75) is 0 Å². The van der Waals surface area contributed by atoms with E-state index in [1.807, 2.05) is 0 Å².